The number of hydrogen-bond donors (Lipinski definition) is 0. The zero-order chi connectivity index (χ0) is 34.3. The van der Waals surface area contributed by atoms with Crippen LogP contribution in [0.3, 0.4) is 0 Å². The van der Waals surface area contributed by atoms with Crippen LogP contribution in [0, 0.1) is 31.6 Å². The lowest BCUT2D eigenvalue weighted by molar-refractivity contribution is -0.138. The van der Waals surface area contributed by atoms with Crippen molar-refractivity contribution < 1.29 is 23.5 Å². The highest BCUT2D eigenvalue weighted by molar-refractivity contribution is 6.74. The lowest BCUT2D eigenvalue weighted by Gasteiger charge is -2.36. The van der Waals surface area contributed by atoms with E-state index >= 15 is 0 Å². The van der Waals surface area contributed by atoms with Gasteiger partial charge in [0.2, 0.25) is 5.91 Å². The maximum Gasteiger partial charge on any atom is 0.410 e. The standard InChI is InChI=1S/C39H58N2O5Si/c1-26-12-11-13-29(27(26)2)24-41(31-16-17-31)36(42)35-33(22-30-23-40(25-34(30)35)37(43)46-38(3,4)5)28-14-18-32(19-15-28)44-20-21-45-47(9,10)39(6,7)8/h11-15,18-19,30-31,33-35H,16-17,20-25H2,1-10H3/t30-,33+,34+,35-/m0/s1. The van der Waals surface area contributed by atoms with Crippen molar-refractivity contribution in [3.63, 3.8) is 0 Å². The molecular weight excluding hydrogens is 605 g/mol. The van der Waals surface area contributed by atoms with Crippen molar-refractivity contribution in [1.29, 1.82) is 0 Å². The summed E-state index contributed by atoms with van der Waals surface area (Å²) in [6.45, 7) is 24.2. The molecule has 258 valence electrons. The van der Waals surface area contributed by atoms with Crippen molar-refractivity contribution in [2.24, 2.45) is 17.8 Å². The molecule has 4 atom stereocenters. The Labute approximate surface area is 284 Å². The molecule has 2 aromatic rings. The molecule has 2 aliphatic carbocycles. The predicted molar refractivity (Wildman–Crippen MR) is 190 cm³/mol. The van der Waals surface area contributed by atoms with Crippen molar-refractivity contribution >= 4 is 20.3 Å². The minimum absolute atomic E-state index is 0.0918. The first kappa shape index (κ1) is 35.5. The van der Waals surface area contributed by atoms with Crippen LogP contribution in [0.2, 0.25) is 18.1 Å². The van der Waals surface area contributed by atoms with E-state index in [1.807, 2.05) is 37.8 Å². The average Bonchev–Trinajstić information content (AvgIpc) is 3.63. The summed E-state index contributed by atoms with van der Waals surface area (Å²) < 4.78 is 18.1. The Kier molecular flexibility index (Phi) is 10.2. The maximum absolute atomic E-state index is 14.8. The second kappa shape index (κ2) is 13.6. The molecule has 2 amide bonds. The highest BCUT2D eigenvalue weighted by atomic mass is 28.4. The van der Waals surface area contributed by atoms with E-state index in [0.29, 0.717) is 32.8 Å². The van der Waals surface area contributed by atoms with E-state index in [1.54, 1.807) is 0 Å². The van der Waals surface area contributed by atoms with Crippen LogP contribution < -0.4 is 4.74 Å². The fraction of sp³-hybridized carbons (Fsp3) is 0.641. The van der Waals surface area contributed by atoms with E-state index in [1.165, 1.54) is 22.3 Å². The minimum atomic E-state index is -1.82. The van der Waals surface area contributed by atoms with Gasteiger partial charge in [0.05, 0.1) is 6.61 Å². The Balaban J connectivity index is 1.34. The van der Waals surface area contributed by atoms with Crippen LogP contribution >= 0.6 is 0 Å². The van der Waals surface area contributed by atoms with Crippen molar-refractivity contribution in [1.82, 2.24) is 9.80 Å². The minimum Gasteiger partial charge on any atom is -0.491 e. The topological polar surface area (TPSA) is 68.3 Å². The Hall–Kier alpha value is -2.84. The van der Waals surface area contributed by atoms with Gasteiger partial charge in [-0.15, -0.1) is 0 Å². The van der Waals surface area contributed by atoms with Gasteiger partial charge in [-0.05, 0) is 124 Å². The molecule has 5 rings (SSSR count). The first-order chi connectivity index (χ1) is 21.9. The van der Waals surface area contributed by atoms with Gasteiger partial charge in [0, 0.05) is 31.6 Å². The van der Waals surface area contributed by atoms with Gasteiger partial charge in [-0.1, -0.05) is 51.1 Å². The van der Waals surface area contributed by atoms with Crippen molar-refractivity contribution in [3.8, 4) is 5.75 Å². The van der Waals surface area contributed by atoms with Crippen molar-refractivity contribution in [3.05, 3.63) is 64.7 Å². The molecule has 47 heavy (non-hydrogen) atoms. The third-order valence-electron chi connectivity index (χ3n) is 11.1. The number of carbonyl (C=O) groups is 2. The number of carbonyl (C=O) groups excluding carboxylic acids is 2. The van der Waals surface area contributed by atoms with Crippen LogP contribution in [0.4, 0.5) is 4.79 Å². The molecule has 0 bridgehead atoms. The maximum atomic E-state index is 14.8. The van der Waals surface area contributed by atoms with Crippen LogP contribution in [0.1, 0.15) is 89.0 Å². The highest BCUT2D eigenvalue weighted by Crippen LogP contribution is 2.52. The molecule has 2 aromatic carbocycles. The monoisotopic (exact) mass is 662 g/mol. The van der Waals surface area contributed by atoms with E-state index in [-0.39, 0.29) is 46.8 Å². The number of nitrogens with zero attached hydrogens (tertiary/aromatic N) is 2. The number of fused-ring (bicyclic) bond motifs is 1. The van der Waals surface area contributed by atoms with E-state index in [0.717, 1.165) is 25.0 Å². The molecule has 0 radical (unpaired) electrons. The number of likely N-dealkylation sites (tertiary alicyclic amines) is 1. The predicted octanol–water partition coefficient (Wildman–Crippen LogP) is 8.48. The lowest BCUT2D eigenvalue weighted by atomic mass is 9.83. The molecule has 7 nitrogen and oxygen atoms in total. The van der Waals surface area contributed by atoms with Crippen LogP contribution in [-0.4, -0.2) is 68.1 Å². The van der Waals surface area contributed by atoms with Gasteiger partial charge in [0.15, 0.2) is 8.32 Å². The van der Waals surface area contributed by atoms with Crippen molar-refractivity contribution in [2.45, 2.75) is 117 Å². The van der Waals surface area contributed by atoms with Crippen LogP contribution in [0.5, 0.6) is 5.75 Å². The molecule has 1 aliphatic heterocycles. The van der Waals surface area contributed by atoms with Gasteiger partial charge in [0.25, 0.3) is 0 Å². The summed E-state index contributed by atoms with van der Waals surface area (Å²) in [6.07, 6.45) is 2.71. The molecule has 1 saturated heterocycles. The molecule has 3 aliphatic rings. The summed E-state index contributed by atoms with van der Waals surface area (Å²) in [5.74, 6) is 1.31. The zero-order valence-electron chi connectivity index (χ0n) is 30.5. The highest BCUT2D eigenvalue weighted by Gasteiger charge is 2.54. The summed E-state index contributed by atoms with van der Waals surface area (Å²) >= 11 is 0. The average molecular weight is 663 g/mol. The van der Waals surface area contributed by atoms with Gasteiger partial charge in [-0.25, -0.2) is 4.79 Å². The normalized spacial score (nSPS) is 23.1. The lowest BCUT2D eigenvalue weighted by Crippen LogP contribution is -2.42. The Bertz CT molecular complexity index is 1420. The largest absolute Gasteiger partial charge is 0.491 e. The Morgan fingerprint density at radius 3 is 2.23 bits per heavy atom. The molecule has 2 saturated carbocycles. The zero-order valence-corrected chi connectivity index (χ0v) is 31.5. The summed E-state index contributed by atoms with van der Waals surface area (Å²) in [5.41, 5.74) is 4.35. The van der Waals surface area contributed by atoms with Gasteiger partial charge in [0.1, 0.15) is 18.0 Å². The molecule has 8 heteroatoms. The van der Waals surface area contributed by atoms with E-state index in [9.17, 15) is 9.59 Å². The molecule has 3 fully saturated rings. The number of amides is 2. The first-order valence-electron chi connectivity index (χ1n) is 17.7. The number of rotatable bonds is 10. The summed E-state index contributed by atoms with van der Waals surface area (Å²) in [4.78, 5) is 31.9. The third-order valence-corrected chi connectivity index (χ3v) is 15.7. The van der Waals surface area contributed by atoms with Gasteiger partial charge in [-0.2, -0.15) is 0 Å². The van der Waals surface area contributed by atoms with Crippen LogP contribution in [0.15, 0.2) is 42.5 Å². The number of ether oxygens (including phenoxy) is 2. The van der Waals surface area contributed by atoms with E-state index in [2.05, 4.69) is 82.9 Å². The molecule has 0 unspecified atom stereocenters. The fourth-order valence-corrected chi connectivity index (χ4v) is 8.14. The van der Waals surface area contributed by atoms with Crippen molar-refractivity contribution in [2.75, 3.05) is 26.3 Å². The molecule has 1 heterocycles. The van der Waals surface area contributed by atoms with Gasteiger partial charge < -0.3 is 23.7 Å². The molecule has 0 aromatic heterocycles. The van der Waals surface area contributed by atoms with Gasteiger partial charge >= 0.3 is 6.09 Å². The summed E-state index contributed by atoms with van der Waals surface area (Å²) in [5, 5.41) is 0.167. The number of benzene rings is 2. The fourth-order valence-electron chi connectivity index (χ4n) is 7.11. The third kappa shape index (κ3) is 8.25. The quantitative estimate of drug-likeness (QED) is 0.189. The summed E-state index contributed by atoms with van der Waals surface area (Å²) in [7, 11) is -1.82. The molecule has 0 N–H and O–H groups in total. The van der Waals surface area contributed by atoms with E-state index in [4.69, 9.17) is 13.9 Å². The molecular formula is C39H58N2O5Si. The second-order valence-electron chi connectivity index (χ2n) is 16.8. The molecule has 0 spiro atoms. The summed E-state index contributed by atoms with van der Waals surface area (Å²) in [6, 6.07) is 15.1. The first-order valence-corrected chi connectivity index (χ1v) is 20.6. The number of hydrogen-bond acceptors (Lipinski definition) is 5. The van der Waals surface area contributed by atoms with Crippen LogP contribution in [-0.2, 0) is 20.5 Å². The smallest absolute Gasteiger partial charge is 0.410 e. The second-order valence-corrected chi connectivity index (χ2v) is 21.6. The van der Waals surface area contributed by atoms with Crippen LogP contribution in [0.25, 0.3) is 0 Å². The number of aryl methyl sites for hydroxylation is 1. The van der Waals surface area contributed by atoms with E-state index < -0.39 is 13.9 Å². The van der Waals surface area contributed by atoms with Gasteiger partial charge in [-0.3, -0.25) is 4.79 Å². The Morgan fingerprint density at radius 2 is 1.62 bits per heavy atom. The Morgan fingerprint density at radius 1 is 0.936 bits per heavy atom. The SMILES string of the molecule is Cc1cccc(CN(C(=O)[C@@H]2[C@@H]3CN(C(=O)OC(C)(C)C)C[C@@H]3C[C@@H]2c2ccc(OCCO[Si](C)(C)C(C)(C)C)cc2)C2CC2)c1C.